The number of anilines is 1. The van der Waals surface area contributed by atoms with Crippen LogP contribution in [-0.4, -0.2) is 28.8 Å². The van der Waals surface area contributed by atoms with Crippen LogP contribution in [0.3, 0.4) is 0 Å². The van der Waals surface area contributed by atoms with Crippen LogP contribution in [-0.2, 0) is 16.6 Å². The second-order valence-corrected chi connectivity index (χ2v) is 6.47. The number of nitrogens with zero attached hydrogens (tertiary/aromatic N) is 3. The molecule has 120 valence electrons. The van der Waals surface area contributed by atoms with Crippen molar-refractivity contribution in [2.45, 2.75) is 25.4 Å². The van der Waals surface area contributed by atoms with Gasteiger partial charge in [0.05, 0.1) is 11.6 Å². The molecule has 2 aromatic rings. The molecule has 2 aliphatic rings. The number of carbonyl (C=O) groups is 1. The highest BCUT2D eigenvalue weighted by Gasteiger charge is 2.41. The summed E-state index contributed by atoms with van der Waals surface area (Å²) in [5.74, 6) is 0.418. The van der Waals surface area contributed by atoms with Gasteiger partial charge < -0.3 is 9.64 Å². The zero-order valence-electron chi connectivity index (χ0n) is 13.5. The first kappa shape index (κ1) is 14.5. The molecule has 2 aliphatic heterocycles. The largest absolute Gasteiger partial charge is 0.371 e. The molecule has 4 rings (SSSR count). The van der Waals surface area contributed by atoms with Crippen LogP contribution in [0.1, 0.15) is 36.6 Å². The van der Waals surface area contributed by atoms with Gasteiger partial charge in [0, 0.05) is 38.0 Å². The minimum atomic E-state index is -0.196. The van der Waals surface area contributed by atoms with Crippen LogP contribution in [0.2, 0.25) is 0 Å². The molecule has 3 heterocycles. The SMILES string of the molecule is C[C@H]1CN(C(=O)[C@@H]2CCO[C@H]2c2ccnn2C)c2ccccc21. The third-order valence-corrected chi connectivity index (χ3v) is 5.04. The average Bonchev–Trinajstić information content (AvgIpc) is 3.26. The summed E-state index contributed by atoms with van der Waals surface area (Å²) in [6.07, 6.45) is 2.33. The van der Waals surface area contributed by atoms with Gasteiger partial charge in [-0.15, -0.1) is 0 Å². The quantitative estimate of drug-likeness (QED) is 0.856. The Morgan fingerprint density at radius 2 is 2.13 bits per heavy atom. The molecule has 1 amide bonds. The van der Waals surface area contributed by atoms with Gasteiger partial charge in [-0.05, 0) is 24.1 Å². The van der Waals surface area contributed by atoms with E-state index in [1.54, 1.807) is 10.9 Å². The Morgan fingerprint density at radius 3 is 2.91 bits per heavy atom. The number of hydrogen-bond acceptors (Lipinski definition) is 3. The molecule has 0 bridgehead atoms. The molecule has 5 heteroatoms. The zero-order valence-corrected chi connectivity index (χ0v) is 13.5. The molecule has 1 saturated heterocycles. The summed E-state index contributed by atoms with van der Waals surface area (Å²) in [5, 5.41) is 4.21. The Kier molecular flexibility index (Phi) is 3.45. The van der Waals surface area contributed by atoms with E-state index in [-0.39, 0.29) is 17.9 Å². The summed E-state index contributed by atoms with van der Waals surface area (Å²) >= 11 is 0. The summed E-state index contributed by atoms with van der Waals surface area (Å²) in [6.45, 7) is 3.56. The van der Waals surface area contributed by atoms with Crippen LogP contribution in [0.5, 0.6) is 0 Å². The third kappa shape index (κ3) is 2.27. The molecular formula is C18H21N3O2. The fraction of sp³-hybridized carbons (Fsp3) is 0.444. The van der Waals surface area contributed by atoms with Crippen LogP contribution in [0.25, 0.3) is 0 Å². The van der Waals surface area contributed by atoms with Crippen molar-refractivity contribution in [1.29, 1.82) is 0 Å². The summed E-state index contributed by atoms with van der Waals surface area (Å²) < 4.78 is 7.68. The van der Waals surface area contributed by atoms with Gasteiger partial charge in [-0.25, -0.2) is 0 Å². The van der Waals surface area contributed by atoms with E-state index in [1.165, 1.54) is 5.56 Å². The van der Waals surface area contributed by atoms with E-state index in [9.17, 15) is 4.79 Å². The van der Waals surface area contributed by atoms with Gasteiger partial charge >= 0.3 is 0 Å². The lowest BCUT2D eigenvalue weighted by molar-refractivity contribution is -0.124. The molecule has 1 aromatic heterocycles. The van der Waals surface area contributed by atoms with Crippen molar-refractivity contribution in [1.82, 2.24) is 9.78 Å². The normalized spacial score (nSPS) is 26.5. The first-order chi connectivity index (χ1) is 11.2. The highest BCUT2D eigenvalue weighted by molar-refractivity contribution is 5.97. The van der Waals surface area contributed by atoms with Crippen molar-refractivity contribution >= 4 is 11.6 Å². The predicted octanol–water partition coefficient (Wildman–Crippen LogP) is 2.65. The van der Waals surface area contributed by atoms with Crippen molar-refractivity contribution in [2.75, 3.05) is 18.1 Å². The van der Waals surface area contributed by atoms with E-state index in [0.29, 0.717) is 12.5 Å². The summed E-state index contributed by atoms with van der Waals surface area (Å²) in [7, 11) is 1.89. The molecule has 5 nitrogen and oxygen atoms in total. The van der Waals surface area contributed by atoms with Gasteiger partial charge in [0.1, 0.15) is 6.10 Å². The van der Waals surface area contributed by atoms with E-state index in [2.05, 4.69) is 18.1 Å². The molecule has 0 unspecified atom stereocenters. The topological polar surface area (TPSA) is 47.4 Å². The maximum atomic E-state index is 13.2. The number of rotatable bonds is 2. The van der Waals surface area contributed by atoms with Gasteiger partial charge in [0.15, 0.2) is 0 Å². The van der Waals surface area contributed by atoms with Gasteiger partial charge in [-0.1, -0.05) is 25.1 Å². The lowest BCUT2D eigenvalue weighted by Crippen LogP contribution is -2.36. The lowest BCUT2D eigenvalue weighted by atomic mass is 9.97. The molecule has 0 saturated carbocycles. The zero-order chi connectivity index (χ0) is 16.0. The maximum absolute atomic E-state index is 13.2. The van der Waals surface area contributed by atoms with Gasteiger partial charge in [0.25, 0.3) is 0 Å². The van der Waals surface area contributed by atoms with Crippen LogP contribution < -0.4 is 4.90 Å². The number of aromatic nitrogens is 2. The van der Waals surface area contributed by atoms with E-state index in [0.717, 1.165) is 24.3 Å². The number of fused-ring (bicyclic) bond motifs is 1. The average molecular weight is 311 g/mol. The lowest BCUT2D eigenvalue weighted by Gasteiger charge is -2.25. The Morgan fingerprint density at radius 1 is 1.30 bits per heavy atom. The first-order valence-electron chi connectivity index (χ1n) is 8.16. The van der Waals surface area contributed by atoms with Crippen molar-refractivity contribution in [3.8, 4) is 0 Å². The van der Waals surface area contributed by atoms with Crippen LogP contribution >= 0.6 is 0 Å². The van der Waals surface area contributed by atoms with Crippen LogP contribution in [0.4, 0.5) is 5.69 Å². The molecule has 3 atom stereocenters. The predicted molar refractivity (Wildman–Crippen MR) is 87.2 cm³/mol. The second kappa shape index (κ2) is 5.49. The second-order valence-electron chi connectivity index (χ2n) is 6.47. The van der Waals surface area contributed by atoms with E-state index < -0.39 is 0 Å². The highest BCUT2D eigenvalue weighted by Crippen LogP contribution is 2.41. The highest BCUT2D eigenvalue weighted by atomic mass is 16.5. The Hall–Kier alpha value is -2.14. The minimum absolute atomic E-state index is 0.135. The monoisotopic (exact) mass is 311 g/mol. The number of benzene rings is 1. The first-order valence-corrected chi connectivity index (χ1v) is 8.16. The molecule has 0 N–H and O–H groups in total. The Bertz CT molecular complexity index is 739. The smallest absolute Gasteiger partial charge is 0.233 e. The Labute approximate surface area is 135 Å². The number of ether oxygens (including phenoxy) is 1. The van der Waals surface area contributed by atoms with Crippen LogP contribution in [0.15, 0.2) is 36.5 Å². The summed E-state index contributed by atoms with van der Waals surface area (Å²) in [6, 6.07) is 10.2. The molecule has 0 aliphatic carbocycles. The van der Waals surface area contributed by atoms with Crippen molar-refractivity contribution in [3.63, 3.8) is 0 Å². The van der Waals surface area contributed by atoms with Gasteiger partial charge in [-0.3, -0.25) is 9.48 Å². The minimum Gasteiger partial charge on any atom is -0.371 e. The molecule has 0 radical (unpaired) electrons. The number of hydrogen-bond donors (Lipinski definition) is 0. The standard InChI is InChI=1S/C18H21N3O2/c1-12-11-21(15-6-4-3-5-13(12)15)18(22)14-8-10-23-17(14)16-7-9-19-20(16)2/h3-7,9,12,14,17H,8,10-11H2,1-2H3/t12-,14+,17+/m0/s1. The number of para-hydroxylation sites is 1. The molecule has 0 spiro atoms. The molecule has 23 heavy (non-hydrogen) atoms. The van der Waals surface area contributed by atoms with Crippen molar-refractivity contribution < 1.29 is 9.53 Å². The number of amides is 1. The summed E-state index contributed by atoms with van der Waals surface area (Å²) in [5.41, 5.74) is 3.29. The number of carbonyl (C=O) groups excluding carboxylic acids is 1. The summed E-state index contributed by atoms with van der Waals surface area (Å²) in [4.78, 5) is 15.1. The van der Waals surface area contributed by atoms with Crippen LogP contribution in [0, 0.1) is 5.92 Å². The fourth-order valence-electron chi connectivity index (χ4n) is 3.83. The Balaban J connectivity index is 1.63. The van der Waals surface area contributed by atoms with Gasteiger partial charge in [0.2, 0.25) is 5.91 Å². The molecular weight excluding hydrogens is 290 g/mol. The molecule has 1 aromatic carbocycles. The van der Waals surface area contributed by atoms with E-state index in [4.69, 9.17) is 4.74 Å². The van der Waals surface area contributed by atoms with E-state index in [1.807, 2.05) is 36.2 Å². The van der Waals surface area contributed by atoms with Crippen molar-refractivity contribution in [3.05, 3.63) is 47.8 Å². The third-order valence-electron chi connectivity index (χ3n) is 5.04. The van der Waals surface area contributed by atoms with Gasteiger partial charge in [-0.2, -0.15) is 5.10 Å². The van der Waals surface area contributed by atoms with Crippen molar-refractivity contribution in [2.24, 2.45) is 13.0 Å². The fourth-order valence-corrected chi connectivity index (χ4v) is 3.83. The molecule has 1 fully saturated rings. The maximum Gasteiger partial charge on any atom is 0.233 e. The number of aryl methyl sites for hydroxylation is 1. The van der Waals surface area contributed by atoms with E-state index >= 15 is 0 Å².